The predicted octanol–water partition coefficient (Wildman–Crippen LogP) is 10.8. The second kappa shape index (κ2) is 10.00. The van der Waals surface area contributed by atoms with Crippen LogP contribution in [0.4, 0.5) is 0 Å². The number of fused-ring (bicyclic) bond motifs is 3. The molecule has 0 radical (unpaired) electrons. The van der Waals surface area contributed by atoms with Crippen LogP contribution in [0.25, 0.3) is 55.4 Å². The molecule has 2 heterocycles. The Morgan fingerprint density at radius 1 is 0.738 bits per heavy atom. The summed E-state index contributed by atoms with van der Waals surface area (Å²) in [6, 6.07) is 29.8. The van der Waals surface area contributed by atoms with E-state index in [2.05, 4.69) is 77.9 Å². The van der Waals surface area contributed by atoms with Crippen LogP contribution in [0.15, 0.2) is 95.5 Å². The average Bonchev–Trinajstić information content (AvgIpc) is 3.38. The lowest BCUT2D eigenvalue weighted by Gasteiger charge is -2.23. The molecule has 3 heteroatoms. The van der Waals surface area contributed by atoms with E-state index >= 15 is 0 Å². The number of pyridine rings is 1. The van der Waals surface area contributed by atoms with Crippen molar-refractivity contribution in [1.29, 1.82) is 5.26 Å². The zero-order valence-corrected chi connectivity index (χ0v) is 25.0. The molecular formula is C39H36N2O. The monoisotopic (exact) mass is 551 g/mol. The number of aryl methyl sites for hydroxylation is 1. The summed E-state index contributed by atoms with van der Waals surface area (Å²) in [6.07, 6.45) is 1.79. The summed E-state index contributed by atoms with van der Waals surface area (Å²) in [7, 11) is 0. The molecule has 0 spiro atoms. The van der Waals surface area contributed by atoms with Crippen molar-refractivity contribution in [1.82, 2.24) is 4.98 Å². The Morgan fingerprint density at radius 2 is 1.45 bits per heavy atom. The standard InChI is InChI=1S/C39H36N2O/c1-24-8-17-30(33-22-28(20-21-41-33)26-13-15-29(16-14-26)38(2,3)4)36-34(24)31-18-19-32(39(5,6)7)35(37(31)42-36)27-11-9-25(23-40)10-12-27/h8-22H,1-7H3/i1D3. The highest BCUT2D eigenvalue weighted by atomic mass is 16.3. The molecule has 208 valence electrons. The van der Waals surface area contributed by atoms with Crippen molar-refractivity contribution in [2.24, 2.45) is 0 Å². The van der Waals surface area contributed by atoms with E-state index in [1.807, 2.05) is 36.4 Å². The van der Waals surface area contributed by atoms with Crippen LogP contribution in [0.1, 0.15) is 67.9 Å². The number of hydrogen-bond donors (Lipinski definition) is 0. The molecule has 0 aliphatic carbocycles. The Bertz CT molecular complexity index is 2100. The molecule has 0 saturated carbocycles. The highest BCUT2D eigenvalue weighted by Gasteiger charge is 2.25. The maximum Gasteiger partial charge on any atom is 0.145 e. The zero-order chi connectivity index (χ0) is 32.3. The summed E-state index contributed by atoms with van der Waals surface area (Å²) in [5.41, 5.74) is 9.38. The van der Waals surface area contributed by atoms with Crippen molar-refractivity contribution in [3.05, 3.63) is 113 Å². The van der Waals surface area contributed by atoms with Crippen LogP contribution in [-0.4, -0.2) is 4.98 Å². The van der Waals surface area contributed by atoms with Crippen LogP contribution in [0.5, 0.6) is 0 Å². The normalized spacial score (nSPS) is 13.5. The van der Waals surface area contributed by atoms with E-state index in [0.717, 1.165) is 38.8 Å². The van der Waals surface area contributed by atoms with Gasteiger partial charge in [-0.2, -0.15) is 5.26 Å². The minimum Gasteiger partial charge on any atom is -0.455 e. The average molecular weight is 552 g/mol. The van der Waals surface area contributed by atoms with Crippen molar-refractivity contribution < 1.29 is 8.53 Å². The van der Waals surface area contributed by atoms with E-state index < -0.39 is 6.85 Å². The molecular weight excluding hydrogens is 512 g/mol. The van der Waals surface area contributed by atoms with E-state index in [1.165, 1.54) is 5.56 Å². The van der Waals surface area contributed by atoms with Gasteiger partial charge in [0.15, 0.2) is 0 Å². The molecule has 42 heavy (non-hydrogen) atoms. The lowest BCUT2D eigenvalue weighted by molar-refractivity contribution is 0.589. The van der Waals surface area contributed by atoms with Crippen LogP contribution in [0.3, 0.4) is 0 Å². The number of rotatable bonds is 3. The van der Waals surface area contributed by atoms with E-state index in [4.69, 9.17) is 13.5 Å². The number of nitriles is 1. The molecule has 0 aliphatic heterocycles. The van der Waals surface area contributed by atoms with Crippen LogP contribution < -0.4 is 0 Å². The second-order valence-corrected chi connectivity index (χ2v) is 13.0. The summed E-state index contributed by atoms with van der Waals surface area (Å²) in [4.78, 5) is 4.73. The molecule has 0 fully saturated rings. The molecule has 0 aliphatic rings. The van der Waals surface area contributed by atoms with Gasteiger partial charge in [0, 0.05) is 32.2 Å². The molecule has 6 rings (SSSR count). The van der Waals surface area contributed by atoms with Gasteiger partial charge in [-0.3, -0.25) is 4.98 Å². The van der Waals surface area contributed by atoms with Crippen molar-refractivity contribution in [2.45, 2.75) is 59.2 Å². The van der Waals surface area contributed by atoms with Crippen molar-refractivity contribution in [2.75, 3.05) is 0 Å². The van der Waals surface area contributed by atoms with Gasteiger partial charge in [-0.15, -0.1) is 0 Å². The van der Waals surface area contributed by atoms with E-state index in [9.17, 15) is 5.26 Å². The molecule has 2 aromatic heterocycles. The van der Waals surface area contributed by atoms with Gasteiger partial charge < -0.3 is 4.42 Å². The summed E-state index contributed by atoms with van der Waals surface area (Å²) < 4.78 is 32.0. The Labute approximate surface area is 252 Å². The highest BCUT2D eigenvalue weighted by Crippen LogP contribution is 2.45. The minimum absolute atomic E-state index is 0.0583. The SMILES string of the molecule is [2H]C([2H])([2H])c1ccc(-c2cc(-c3ccc(C(C)(C)C)cc3)ccn2)c2oc3c(-c4ccc(C#N)cc4)c(C(C)(C)C)ccc3c12. The van der Waals surface area contributed by atoms with E-state index in [1.54, 1.807) is 24.4 Å². The molecule has 4 aromatic carbocycles. The Morgan fingerprint density at radius 3 is 2.10 bits per heavy atom. The Kier molecular flexibility index (Phi) is 5.71. The number of nitrogens with zero attached hydrogens (tertiary/aromatic N) is 2. The molecule has 0 bridgehead atoms. The van der Waals surface area contributed by atoms with E-state index in [-0.39, 0.29) is 16.4 Å². The number of furan rings is 1. The van der Waals surface area contributed by atoms with Gasteiger partial charge >= 0.3 is 0 Å². The van der Waals surface area contributed by atoms with Crippen LogP contribution >= 0.6 is 0 Å². The lowest BCUT2D eigenvalue weighted by Crippen LogP contribution is -2.12. The molecule has 0 atom stereocenters. The van der Waals surface area contributed by atoms with Gasteiger partial charge in [0.2, 0.25) is 0 Å². The van der Waals surface area contributed by atoms with Crippen molar-refractivity contribution >= 4 is 21.9 Å². The largest absolute Gasteiger partial charge is 0.455 e. The van der Waals surface area contributed by atoms with Crippen molar-refractivity contribution in [3.8, 4) is 39.6 Å². The fourth-order valence-corrected chi connectivity index (χ4v) is 5.69. The van der Waals surface area contributed by atoms with Gasteiger partial charge in [0.05, 0.1) is 17.3 Å². The summed E-state index contributed by atoms with van der Waals surface area (Å²) in [5.74, 6) is 0. The maximum atomic E-state index is 9.40. The molecule has 0 saturated heterocycles. The number of benzene rings is 4. The molecule has 0 amide bonds. The summed E-state index contributed by atoms with van der Waals surface area (Å²) in [6.45, 7) is 10.7. The van der Waals surface area contributed by atoms with Gasteiger partial charge in [0.25, 0.3) is 0 Å². The zero-order valence-electron chi connectivity index (χ0n) is 28.0. The molecule has 6 aromatic rings. The van der Waals surface area contributed by atoms with Crippen LogP contribution in [-0.2, 0) is 10.8 Å². The number of hydrogen-bond acceptors (Lipinski definition) is 3. The van der Waals surface area contributed by atoms with Crippen LogP contribution in [0, 0.1) is 18.2 Å². The first-order chi connectivity index (χ1) is 21.2. The molecule has 3 nitrogen and oxygen atoms in total. The fraction of sp³-hybridized carbons (Fsp3) is 0.231. The minimum atomic E-state index is -2.35. The second-order valence-electron chi connectivity index (χ2n) is 13.0. The first kappa shape index (κ1) is 24.0. The van der Waals surface area contributed by atoms with Crippen LogP contribution in [0.2, 0.25) is 0 Å². The molecule has 0 unspecified atom stereocenters. The fourth-order valence-electron chi connectivity index (χ4n) is 5.69. The quantitative estimate of drug-likeness (QED) is 0.220. The third kappa shape index (κ3) is 4.78. The van der Waals surface area contributed by atoms with Gasteiger partial charge in [-0.25, -0.2) is 0 Å². The lowest BCUT2D eigenvalue weighted by atomic mass is 9.81. The Balaban J connectivity index is 1.63. The maximum absolute atomic E-state index is 9.40. The number of aromatic nitrogens is 1. The predicted molar refractivity (Wildman–Crippen MR) is 175 cm³/mol. The summed E-state index contributed by atoms with van der Waals surface area (Å²) in [5, 5.41) is 10.7. The Hall–Kier alpha value is -4.68. The van der Waals surface area contributed by atoms with E-state index in [0.29, 0.717) is 27.8 Å². The first-order valence-electron chi connectivity index (χ1n) is 15.8. The third-order valence-corrected chi connectivity index (χ3v) is 8.02. The highest BCUT2D eigenvalue weighted by molar-refractivity contribution is 6.14. The van der Waals surface area contributed by atoms with Gasteiger partial charge in [0.1, 0.15) is 11.2 Å². The van der Waals surface area contributed by atoms with Gasteiger partial charge in [-0.1, -0.05) is 96.1 Å². The topological polar surface area (TPSA) is 49.8 Å². The van der Waals surface area contributed by atoms with Gasteiger partial charge in [-0.05, 0) is 81.4 Å². The first-order valence-corrected chi connectivity index (χ1v) is 14.3. The van der Waals surface area contributed by atoms with Crippen molar-refractivity contribution in [3.63, 3.8) is 0 Å². The summed E-state index contributed by atoms with van der Waals surface area (Å²) >= 11 is 0. The third-order valence-electron chi connectivity index (χ3n) is 8.02. The smallest absolute Gasteiger partial charge is 0.145 e. The molecule has 0 N–H and O–H groups in total.